The van der Waals surface area contributed by atoms with E-state index in [0.717, 1.165) is 49.1 Å². The summed E-state index contributed by atoms with van der Waals surface area (Å²) >= 11 is 0. The fourth-order valence-electron chi connectivity index (χ4n) is 4.04. The Labute approximate surface area is 196 Å². The molecule has 0 saturated heterocycles. The average molecular weight is 476 g/mol. The first-order chi connectivity index (χ1) is 16.1. The molecule has 6 nitrogen and oxygen atoms in total. The van der Waals surface area contributed by atoms with Crippen molar-refractivity contribution in [3.8, 4) is 0 Å². The number of halogens is 3. The molecular weight excluding hydrogens is 447 g/mol. The zero-order valence-corrected chi connectivity index (χ0v) is 19.0. The van der Waals surface area contributed by atoms with Gasteiger partial charge in [-0.3, -0.25) is 14.4 Å². The summed E-state index contributed by atoms with van der Waals surface area (Å²) in [7, 11) is 0. The molecule has 1 saturated carbocycles. The highest BCUT2D eigenvalue weighted by Crippen LogP contribution is 2.30. The number of amides is 3. The van der Waals surface area contributed by atoms with E-state index in [1.165, 1.54) is 4.90 Å². The molecule has 1 aliphatic rings. The number of hydrogen-bond acceptors (Lipinski definition) is 3. The van der Waals surface area contributed by atoms with Gasteiger partial charge in [0.25, 0.3) is 5.91 Å². The number of nitrogens with one attached hydrogen (secondary N) is 2. The summed E-state index contributed by atoms with van der Waals surface area (Å²) in [4.78, 5) is 39.3. The van der Waals surface area contributed by atoms with Gasteiger partial charge in [0.15, 0.2) is 0 Å². The fourth-order valence-corrected chi connectivity index (χ4v) is 4.04. The van der Waals surface area contributed by atoms with E-state index in [9.17, 15) is 27.6 Å². The van der Waals surface area contributed by atoms with Crippen LogP contribution in [-0.2, 0) is 15.8 Å². The van der Waals surface area contributed by atoms with Crippen molar-refractivity contribution >= 4 is 23.4 Å². The molecule has 0 aromatic heterocycles. The first kappa shape index (κ1) is 25.3. The summed E-state index contributed by atoms with van der Waals surface area (Å²) in [5.74, 6) is -1.41. The fraction of sp³-hybridized carbons (Fsp3) is 0.400. The molecular formula is C25H28F3N3O3. The lowest BCUT2D eigenvalue weighted by Crippen LogP contribution is -2.48. The number of benzene rings is 2. The molecule has 1 fully saturated rings. The molecule has 0 unspecified atom stereocenters. The topological polar surface area (TPSA) is 78.5 Å². The Hall–Kier alpha value is -3.36. The van der Waals surface area contributed by atoms with Crippen LogP contribution in [0.15, 0.2) is 48.5 Å². The maximum absolute atomic E-state index is 13.1. The summed E-state index contributed by atoms with van der Waals surface area (Å²) < 4.78 is 38.6. The number of aryl methyl sites for hydroxylation is 1. The van der Waals surface area contributed by atoms with E-state index in [4.69, 9.17) is 0 Å². The van der Waals surface area contributed by atoms with Crippen LogP contribution in [-0.4, -0.2) is 41.8 Å². The van der Waals surface area contributed by atoms with E-state index in [2.05, 4.69) is 10.6 Å². The van der Waals surface area contributed by atoms with Crippen LogP contribution in [0.3, 0.4) is 0 Å². The Kier molecular flexibility index (Phi) is 8.31. The third-order valence-electron chi connectivity index (χ3n) is 5.80. The van der Waals surface area contributed by atoms with Gasteiger partial charge in [-0.25, -0.2) is 0 Å². The van der Waals surface area contributed by atoms with Gasteiger partial charge in [-0.15, -0.1) is 0 Å². The monoisotopic (exact) mass is 475 g/mol. The second-order valence-corrected chi connectivity index (χ2v) is 8.49. The minimum Gasteiger partial charge on any atom is -0.345 e. The molecule has 2 aromatic rings. The average Bonchev–Trinajstić information content (AvgIpc) is 2.81. The molecule has 3 amide bonds. The van der Waals surface area contributed by atoms with E-state index >= 15 is 0 Å². The lowest BCUT2D eigenvalue weighted by molar-refractivity contribution is -0.137. The molecule has 182 valence electrons. The molecule has 0 spiro atoms. The highest BCUT2D eigenvalue weighted by molar-refractivity contribution is 5.98. The standard InChI is InChI=1S/C25H28F3N3O3/c1-17-6-5-7-20(14-17)30-22(32)15-29-23(33)16-31(21-8-3-2-4-9-21)24(34)18-10-12-19(13-11-18)25(26,27)28/h5-7,10-14,21H,2-4,8-9,15-16H2,1H3,(H,29,33)(H,30,32). The van der Waals surface area contributed by atoms with Gasteiger partial charge < -0.3 is 15.5 Å². The lowest BCUT2D eigenvalue weighted by Gasteiger charge is -2.34. The first-order valence-corrected chi connectivity index (χ1v) is 11.2. The van der Waals surface area contributed by atoms with Gasteiger partial charge in [0.2, 0.25) is 11.8 Å². The van der Waals surface area contributed by atoms with E-state index in [-0.39, 0.29) is 24.7 Å². The Morgan fingerprint density at radius 3 is 2.26 bits per heavy atom. The molecule has 0 atom stereocenters. The normalized spacial score (nSPS) is 14.4. The van der Waals surface area contributed by atoms with Gasteiger partial charge >= 0.3 is 6.18 Å². The molecule has 34 heavy (non-hydrogen) atoms. The Bertz CT molecular complexity index is 1020. The molecule has 0 aliphatic heterocycles. The molecule has 0 radical (unpaired) electrons. The van der Waals surface area contributed by atoms with Crippen molar-refractivity contribution in [2.24, 2.45) is 0 Å². The summed E-state index contributed by atoms with van der Waals surface area (Å²) in [5, 5.41) is 5.22. The zero-order valence-electron chi connectivity index (χ0n) is 19.0. The van der Waals surface area contributed by atoms with Gasteiger partial charge in [0, 0.05) is 17.3 Å². The van der Waals surface area contributed by atoms with Gasteiger partial charge in [-0.1, -0.05) is 31.4 Å². The predicted octanol–water partition coefficient (Wildman–Crippen LogP) is 4.54. The van der Waals surface area contributed by atoms with Crippen LogP contribution in [0.5, 0.6) is 0 Å². The third-order valence-corrected chi connectivity index (χ3v) is 5.80. The Balaban J connectivity index is 1.64. The zero-order chi connectivity index (χ0) is 24.7. The maximum atomic E-state index is 13.1. The van der Waals surface area contributed by atoms with Crippen LogP contribution >= 0.6 is 0 Å². The molecule has 0 bridgehead atoms. The molecule has 0 heterocycles. The van der Waals surface area contributed by atoms with Crippen molar-refractivity contribution < 1.29 is 27.6 Å². The summed E-state index contributed by atoms with van der Waals surface area (Å²) in [5.41, 5.74) is 0.835. The van der Waals surface area contributed by atoms with Crippen LogP contribution in [0.1, 0.15) is 53.6 Å². The highest BCUT2D eigenvalue weighted by Gasteiger charge is 2.32. The highest BCUT2D eigenvalue weighted by atomic mass is 19.4. The van der Waals surface area contributed by atoms with E-state index in [1.54, 1.807) is 18.2 Å². The molecule has 2 N–H and O–H groups in total. The first-order valence-electron chi connectivity index (χ1n) is 11.2. The quantitative estimate of drug-likeness (QED) is 0.617. The van der Waals surface area contributed by atoms with E-state index in [0.29, 0.717) is 18.5 Å². The Morgan fingerprint density at radius 1 is 0.971 bits per heavy atom. The largest absolute Gasteiger partial charge is 0.416 e. The van der Waals surface area contributed by atoms with Crippen molar-refractivity contribution in [2.45, 2.75) is 51.2 Å². The summed E-state index contributed by atoms with van der Waals surface area (Å²) in [6.07, 6.45) is -0.224. The van der Waals surface area contributed by atoms with Crippen LogP contribution < -0.4 is 10.6 Å². The van der Waals surface area contributed by atoms with Gasteiger partial charge in [-0.05, 0) is 61.7 Å². The number of rotatable bonds is 7. The number of anilines is 1. The second kappa shape index (κ2) is 11.2. The summed E-state index contributed by atoms with van der Waals surface area (Å²) in [6, 6.07) is 11.0. The van der Waals surface area contributed by atoms with Crippen LogP contribution in [0.25, 0.3) is 0 Å². The second-order valence-electron chi connectivity index (χ2n) is 8.49. The van der Waals surface area contributed by atoms with E-state index < -0.39 is 29.5 Å². The van der Waals surface area contributed by atoms with Crippen molar-refractivity contribution in [3.63, 3.8) is 0 Å². The molecule has 1 aliphatic carbocycles. The predicted molar refractivity (Wildman–Crippen MR) is 122 cm³/mol. The number of alkyl halides is 3. The SMILES string of the molecule is Cc1cccc(NC(=O)CNC(=O)CN(C(=O)c2ccc(C(F)(F)F)cc2)C2CCCCC2)c1. The van der Waals surface area contributed by atoms with Crippen LogP contribution in [0.4, 0.5) is 18.9 Å². The Morgan fingerprint density at radius 2 is 1.65 bits per heavy atom. The van der Waals surface area contributed by atoms with Crippen molar-refractivity contribution in [1.29, 1.82) is 0 Å². The number of carbonyl (C=O) groups excluding carboxylic acids is 3. The van der Waals surface area contributed by atoms with Crippen molar-refractivity contribution in [3.05, 3.63) is 65.2 Å². The van der Waals surface area contributed by atoms with Gasteiger partial charge in [0.1, 0.15) is 6.54 Å². The van der Waals surface area contributed by atoms with Gasteiger partial charge in [-0.2, -0.15) is 13.2 Å². The lowest BCUT2D eigenvalue weighted by atomic mass is 9.93. The van der Waals surface area contributed by atoms with Crippen molar-refractivity contribution in [1.82, 2.24) is 10.2 Å². The minimum absolute atomic E-state index is 0.0866. The van der Waals surface area contributed by atoms with Crippen molar-refractivity contribution in [2.75, 3.05) is 18.4 Å². The number of nitrogens with zero attached hydrogens (tertiary/aromatic N) is 1. The number of hydrogen-bond donors (Lipinski definition) is 2. The smallest absolute Gasteiger partial charge is 0.345 e. The maximum Gasteiger partial charge on any atom is 0.416 e. The molecule has 2 aromatic carbocycles. The minimum atomic E-state index is -4.50. The van der Waals surface area contributed by atoms with Gasteiger partial charge in [0.05, 0.1) is 12.1 Å². The molecule has 9 heteroatoms. The number of carbonyl (C=O) groups is 3. The van der Waals surface area contributed by atoms with E-state index in [1.807, 2.05) is 13.0 Å². The summed E-state index contributed by atoms with van der Waals surface area (Å²) in [6.45, 7) is 1.35. The van der Waals surface area contributed by atoms with Crippen LogP contribution in [0.2, 0.25) is 0 Å². The van der Waals surface area contributed by atoms with Crippen LogP contribution in [0, 0.1) is 6.92 Å². The third kappa shape index (κ3) is 7.07. The molecule has 3 rings (SSSR count).